The zero-order chi connectivity index (χ0) is 18.9. The maximum Gasteiger partial charge on any atom is 0.325 e. The van der Waals surface area contributed by atoms with Gasteiger partial charge in [0.15, 0.2) is 0 Å². The van der Waals surface area contributed by atoms with Crippen LogP contribution in [0.1, 0.15) is 18.1 Å². The van der Waals surface area contributed by atoms with Crippen LogP contribution in [-0.2, 0) is 15.1 Å². The molecular formula is C18H19N3O4S. The predicted molar refractivity (Wildman–Crippen MR) is 98.3 cm³/mol. The molecule has 26 heavy (non-hydrogen) atoms. The number of rotatable bonds is 5. The Kier molecular flexibility index (Phi) is 4.69. The molecule has 1 atom stereocenters. The highest BCUT2D eigenvalue weighted by molar-refractivity contribution is 7.08. The zero-order valence-electron chi connectivity index (χ0n) is 14.7. The minimum absolute atomic E-state index is 0.374. The van der Waals surface area contributed by atoms with Gasteiger partial charge in [0.2, 0.25) is 5.91 Å². The average Bonchev–Trinajstić information content (AvgIpc) is 3.20. The summed E-state index contributed by atoms with van der Waals surface area (Å²) in [5, 5.41) is 9.01. The summed E-state index contributed by atoms with van der Waals surface area (Å²) in [5.74, 6) is -0.427. The van der Waals surface area contributed by atoms with E-state index in [1.807, 2.05) is 18.4 Å². The third-order valence-corrected chi connectivity index (χ3v) is 4.99. The van der Waals surface area contributed by atoms with Crippen molar-refractivity contribution in [3.8, 4) is 5.75 Å². The minimum atomic E-state index is -1.15. The van der Waals surface area contributed by atoms with E-state index in [2.05, 4.69) is 10.6 Å². The molecule has 2 aromatic rings. The Balaban J connectivity index is 1.75. The number of nitrogens with one attached hydrogen (secondary N) is 2. The number of thiophene rings is 1. The molecule has 2 N–H and O–H groups in total. The second kappa shape index (κ2) is 6.80. The lowest BCUT2D eigenvalue weighted by Crippen LogP contribution is -2.41. The molecule has 1 saturated heterocycles. The van der Waals surface area contributed by atoms with Crippen LogP contribution in [0.2, 0.25) is 0 Å². The van der Waals surface area contributed by atoms with Crippen LogP contribution in [0.3, 0.4) is 0 Å². The summed E-state index contributed by atoms with van der Waals surface area (Å²) in [7, 11) is 1.50. The smallest absolute Gasteiger partial charge is 0.325 e. The topological polar surface area (TPSA) is 87.7 Å². The van der Waals surface area contributed by atoms with Gasteiger partial charge >= 0.3 is 6.03 Å². The third kappa shape index (κ3) is 3.15. The number of imide groups is 1. The molecule has 0 radical (unpaired) electrons. The normalized spacial score (nSPS) is 19.4. The van der Waals surface area contributed by atoms with Crippen molar-refractivity contribution >= 4 is 34.9 Å². The summed E-state index contributed by atoms with van der Waals surface area (Å²) in [4.78, 5) is 38.3. The number of aryl methyl sites for hydroxylation is 1. The highest BCUT2D eigenvalue weighted by Crippen LogP contribution is 2.30. The summed E-state index contributed by atoms with van der Waals surface area (Å²) in [6.07, 6.45) is 0. The van der Waals surface area contributed by atoms with Gasteiger partial charge in [-0.2, -0.15) is 11.3 Å². The monoisotopic (exact) mass is 373 g/mol. The number of hydrogen-bond donors (Lipinski definition) is 2. The van der Waals surface area contributed by atoms with E-state index in [0.717, 1.165) is 10.5 Å². The second-order valence-corrected chi connectivity index (χ2v) is 6.99. The number of carbonyl (C=O) groups excluding carboxylic acids is 3. The molecule has 0 spiro atoms. The Morgan fingerprint density at radius 3 is 2.77 bits per heavy atom. The second-order valence-electron chi connectivity index (χ2n) is 6.21. The molecule has 136 valence electrons. The lowest BCUT2D eigenvalue weighted by Gasteiger charge is -2.20. The molecule has 4 amide bonds. The third-order valence-electron chi connectivity index (χ3n) is 4.30. The summed E-state index contributed by atoms with van der Waals surface area (Å²) in [6.45, 7) is 3.15. The van der Waals surface area contributed by atoms with Crippen molar-refractivity contribution in [2.45, 2.75) is 19.4 Å². The summed E-state index contributed by atoms with van der Waals surface area (Å²) in [5.41, 5.74) is 0.980. The van der Waals surface area contributed by atoms with Gasteiger partial charge in [0.1, 0.15) is 17.8 Å². The predicted octanol–water partition coefficient (Wildman–Crippen LogP) is 2.47. The summed E-state index contributed by atoms with van der Waals surface area (Å²) >= 11 is 1.44. The Morgan fingerprint density at radius 1 is 1.35 bits per heavy atom. The fourth-order valence-electron chi connectivity index (χ4n) is 2.84. The molecule has 0 bridgehead atoms. The molecule has 0 aliphatic carbocycles. The molecule has 2 heterocycles. The largest absolute Gasteiger partial charge is 0.495 e. The SMILES string of the molecule is COc1ccc(C)cc1NC(=O)CN1C(=O)N[C@@](C)(c2ccsc2)C1=O. The number of amides is 4. The summed E-state index contributed by atoms with van der Waals surface area (Å²) < 4.78 is 5.22. The van der Waals surface area contributed by atoms with Crippen molar-refractivity contribution in [1.29, 1.82) is 0 Å². The van der Waals surface area contributed by atoms with E-state index in [-0.39, 0.29) is 6.54 Å². The van der Waals surface area contributed by atoms with Crippen LogP contribution < -0.4 is 15.4 Å². The van der Waals surface area contributed by atoms with Crippen LogP contribution in [0.15, 0.2) is 35.0 Å². The number of nitrogens with zero attached hydrogens (tertiary/aromatic N) is 1. The lowest BCUT2D eigenvalue weighted by atomic mass is 9.95. The molecule has 1 aromatic carbocycles. The van der Waals surface area contributed by atoms with Crippen LogP contribution in [0.4, 0.5) is 10.5 Å². The van der Waals surface area contributed by atoms with E-state index in [4.69, 9.17) is 4.74 Å². The van der Waals surface area contributed by atoms with Gasteiger partial charge in [0.05, 0.1) is 12.8 Å². The first-order valence-corrected chi connectivity index (χ1v) is 8.90. The Morgan fingerprint density at radius 2 is 2.12 bits per heavy atom. The first-order chi connectivity index (χ1) is 12.3. The van der Waals surface area contributed by atoms with Crippen molar-refractivity contribution in [2.24, 2.45) is 0 Å². The minimum Gasteiger partial charge on any atom is -0.495 e. The highest BCUT2D eigenvalue weighted by Gasteiger charge is 2.49. The van der Waals surface area contributed by atoms with Gasteiger partial charge in [0.25, 0.3) is 5.91 Å². The highest BCUT2D eigenvalue weighted by atomic mass is 32.1. The van der Waals surface area contributed by atoms with E-state index in [1.54, 1.807) is 30.5 Å². The average molecular weight is 373 g/mol. The molecule has 1 aliphatic heterocycles. The van der Waals surface area contributed by atoms with Gasteiger partial charge < -0.3 is 15.4 Å². The number of carbonyl (C=O) groups is 3. The zero-order valence-corrected chi connectivity index (χ0v) is 15.5. The number of methoxy groups -OCH3 is 1. The molecule has 1 fully saturated rings. The van der Waals surface area contributed by atoms with E-state index in [9.17, 15) is 14.4 Å². The van der Waals surface area contributed by atoms with Crippen LogP contribution in [0.25, 0.3) is 0 Å². The van der Waals surface area contributed by atoms with E-state index in [1.165, 1.54) is 18.4 Å². The van der Waals surface area contributed by atoms with E-state index in [0.29, 0.717) is 17.0 Å². The van der Waals surface area contributed by atoms with Crippen LogP contribution in [0, 0.1) is 6.92 Å². The van der Waals surface area contributed by atoms with Crippen LogP contribution in [0.5, 0.6) is 5.75 Å². The number of hydrogen-bond acceptors (Lipinski definition) is 5. The van der Waals surface area contributed by atoms with Gasteiger partial charge in [0, 0.05) is 0 Å². The molecule has 7 nitrogen and oxygen atoms in total. The maximum absolute atomic E-state index is 12.7. The molecule has 8 heteroatoms. The molecule has 0 unspecified atom stereocenters. The Hall–Kier alpha value is -2.87. The first kappa shape index (κ1) is 17.9. The number of benzene rings is 1. The van der Waals surface area contributed by atoms with Crippen molar-refractivity contribution < 1.29 is 19.1 Å². The molecular weight excluding hydrogens is 354 g/mol. The van der Waals surface area contributed by atoms with Gasteiger partial charge in [-0.3, -0.25) is 14.5 Å². The van der Waals surface area contributed by atoms with Crippen LogP contribution in [-0.4, -0.2) is 36.4 Å². The van der Waals surface area contributed by atoms with Gasteiger partial charge in [-0.1, -0.05) is 6.07 Å². The van der Waals surface area contributed by atoms with Crippen molar-refractivity contribution in [3.05, 3.63) is 46.2 Å². The van der Waals surface area contributed by atoms with E-state index >= 15 is 0 Å². The van der Waals surface area contributed by atoms with E-state index < -0.39 is 23.4 Å². The molecule has 1 aliphatic rings. The number of ether oxygens (including phenoxy) is 1. The van der Waals surface area contributed by atoms with Gasteiger partial charge in [-0.25, -0.2) is 4.79 Å². The van der Waals surface area contributed by atoms with Crippen molar-refractivity contribution in [2.75, 3.05) is 19.0 Å². The number of anilines is 1. The van der Waals surface area contributed by atoms with Gasteiger partial charge in [-0.05, 0) is 53.9 Å². The molecule has 0 saturated carbocycles. The van der Waals surface area contributed by atoms with Gasteiger partial charge in [-0.15, -0.1) is 0 Å². The van der Waals surface area contributed by atoms with Crippen molar-refractivity contribution in [1.82, 2.24) is 10.2 Å². The fraction of sp³-hybridized carbons (Fsp3) is 0.278. The van der Waals surface area contributed by atoms with Crippen molar-refractivity contribution in [3.63, 3.8) is 0 Å². The number of urea groups is 1. The summed E-state index contributed by atoms with van der Waals surface area (Å²) in [6, 6.07) is 6.56. The standard InChI is InChI=1S/C18H19N3O4S/c1-11-4-5-14(25-3)13(8-11)19-15(22)9-21-16(23)18(2,20-17(21)24)12-6-7-26-10-12/h4-8,10H,9H2,1-3H3,(H,19,22)(H,20,24)/t18-/m0/s1. The lowest BCUT2D eigenvalue weighted by molar-refractivity contribution is -0.133. The first-order valence-electron chi connectivity index (χ1n) is 7.96. The Labute approximate surface area is 155 Å². The quantitative estimate of drug-likeness (QED) is 0.788. The fourth-order valence-corrected chi connectivity index (χ4v) is 3.60. The maximum atomic E-state index is 12.7. The Bertz CT molecular complexity index is 865. The molecule has 1 aromatic heterocycles. The van der Waals surface area contributed by atoms with Crippen LogP contribution >= 0.6 is 11.3 Å². The molecule has 3 rings (SSSR count).